The quantitative estimate of drug-likeness (QED) is 0.0553. The van der Waals surface area contributed by atoms with Crippen LogP contribution in [-0.2, 0) is 71.6 Å². The third-order valence-corrected chi connectivity index (χ3v) is 5.30. The SMILES string of the molecule is CC(C)OC(OC(C)C)C(=O)CC(=O)CC(=O)[O-].CC(C)OC(OC(C)C)C(=O)CC(=O)CC(=O)[O-].CC(C)OC(OC(C)C)C(=O)CC(=O)CC(=O)[O-].[Al+3]. The number of aliphatic carboxylic acids is 3. The molecule has 18 nitrogen and oxygen atoms in total. The number of carboxylic acids is 3. The monoisotopic (exact) mass is 804 g/mol. The maximum Gasteiger partial charge on any atom is 3.00 e. The topological polar surface area (TPSA) is 278 Å². The summed E-state index contributed by atoms with van der Waals surface area (Å²) in [5.74, 6) is -8.40. The number of hydrogen-bond acceptors (Lipinski definition) is 18. The minimum atomic E-state index is -1.50. The van der Waals surface area contributed by atoms with Gasteiger partial charge in [-0.05, 0) is 83.1 Å². The number of ether oxygens (including phenoxy) is 6. The van der Waals surface area contributed by atoms with E-state index in [-0.39, 0.29) is 54.0 Å². The number of carboxylic acid groups (broad SMARTS) is 3. The van der Waals surface area contributed by atoms with Gasteiger partial charge in [0.1, 0.15) is 17.3 Å². The van der Waals surface area contributed by atoms with E-state index in [1.54, 1.807) is 83.1 Å². The van der Waals surface area contributed by atoms with Crippen molar-refractivity contribution in [2.24, 2.45) is 0 Å². The Balaban J connectivity index is -0.000000351. The molecule has 0 aromatic rings. The van der Waals surface area contributed by atoms with Crippen LogP contribution in [-0.4, -0.2) is 125 Å². The summed E-state index contributed by atoms with van der Waals surface area (Å²) in [5.41, 5.74) is 0. The summed E-state index contributed by atoms with van der Waals surface area (Å²) in [7, 11) is 0. The summed E-state index contributed by atoms with van der Waals surface area (Å²) in [6.07, 6.45) is -8.80. The Morgan fingerprint density at radius 3 is 0.582 bits per heavy atom. The molecule has 0 N–H and O–H groups in total. The molecule has 0 amide bonds. The maximum atomic E-state index is 11.7. The van der Waals surface area contributed by atoms with Gasteiger partial charge < -0.3 is 58.1 Å². The first-order valence-electron chi connectivity index (χ1n) is 17.3. The molecule has 0 spiro atoms. The van der Waals surface area contributed by atoms with Gasteiger partial charge in [-0.15, -0.1) is 0 Å². The molecule has 0 unspecified atom stereocenters. The normalized spacial score (nSPS) is 11.1. The second-order valence-corrected chi connectivity index (χ2v) is 13.3. The fourth-order valence-corrected chi connectivity index (χ4v) is 3.54. The molecule has 0 saturated carbocycles. The Bertz CT molecular complexity index is 1050. The molecule has 55 heavy (non-hydrogen) atoms. The fraction of sp³-hybridized carbons (Fsp3) is 0.750. The van der Waals surface area contributed by atoms with Crippen LogP contribution in [0.1, 0.15) is 122 Å². The van der Waals surface area contributed by atoms with Crippen LogP contribution >= 0.6 is 0 Å². The molecule has 0 aliphatic rings. The molecule has 0 bridgehead atoms. The van der Waals surface area contributed by atoms with Crippen LogP contribution in [0, 0.1) is 0 Å². The van der Waals surface area contributed by atoms with E-state index in [2.05, 4.69) is 0 Å². The van der Waals surface area contributed by atoms with Crippen LogP contribution in [0.5, 0.6) is 0 Å². The van der Waals surface area contributed by atoms with Gasteiger partial charge in [0.05, 0.1) is 55.9 Å². The third-order valence-electron chi connectivity index (χ3n) is 5.30. The molecule has 0 atom stereocenters. The molecule has 0 aliphatic heterocycles. The van der Waals surface area contributed by atoms with E-state index < -0.39 is 110 Å². The molecule has 0 heterocycles. The van der Waals surface area contributed by atoms with E-state index in [4.69, 9.17) is 28.4 Å². The van der Waals surface area contributed by atoms with Crippen LogP contribution in [0.25, 0.3) is 0 Å². The van der Waals surface area contributed by atoms with Crippen LogP contribution in [0.3, 0.4) is 0 Å². The van der Waals surface area contributed by atoms with Crippen molar-refractivity contribution in [3.05, 3.63) is 0 Å². The van der Waals surface area contributed by atoms with Crippen molar-refractivity contribution in [2.75, 3.05) is 0 Å². The standard InChI is InChI=1S/3C12H20O6.Al/c3*1-7(2)17-12(18-8(3)4)10(14)5-9(13)6-11(15)16;/h3*7-8,12H,5-6H2,1-4H3,(H,15,16);/q;;;+3/p-3. The molecule has 0 fully saturated rings. The van der Waals surface area contributed by atoms with Crippen molar-refractivity contribution >= 4 is 70.0 Å². The van der Waals surface area contributed by atoms with Gasteiger partial charge >= 0.3 is 17.4 Å². The molecule has 0 radical (unpaired) electrons. The first kappa shape index (κ1) is 58.4. The average molecular weight is 805 g/mol. The zero-order chi connectivity index (χ0) is 42.9. The summed E-state index contributed by atoms with van der Waals surface area (Å²) in [4.78, 5) is 99.4. The van der Waals surface area contributed by atoms with Crippen LogP contribution in [0.2, 0.25) is 0 Å². The van der Waals surface area contributed by atoms with Crippen molar-refractivity contribution in [3.8, 4) is 0 Å². The van der Waals surface area contributed by atoms with Gasteiger partial charge in [-0.2, -0.15) is 0 Å². The molecular weight excluding hydrogens is 747 g/mol. The first-order chi connectivity index (χ1) is 24.7. The Kier molecular flexibility index (Phi) is 33.9. The van der Waals surface area contributed by atoms with Crippen LogP contribution in [0.15, 0.2) is 0 Å². The number of carbonyl (C=O) groups excluding carboxylic acids is 9. The first-order valence-corrected chi connectivity index (χ1v) is 17.3. The van der Waals surface area contributed by atoms with Crippen molar-refractivity contribution in [1.82, 2.24) is 0 Å². The predicted octanol–water partition coefficient (Wildman–Crippen LogP) is -0.888. The van der Waals surface area contributed by atoms with E-state index in [0.717, 1.165) is 0 Å². The molecule has 0 aliphatic carbocycles. The zero-order valence-corrected chi connectivity index (χ0v) is 35.0. The molecule has 0 saturated heterocycles. The number of carbonyl (C=O) groups is 9. The molecule has 0 aromatic heterocycles. The Morgan fingerprint density at radius 2 is 0.473 bits per heavy atom. The minimum Gasteiger partial charge on any atom is -0.550 e. The van der Waals surface area contributed by atoms with Crippen molar-refractivity contribution in [3.63, 3.8) is 0 Å². The van der Waals surface area contributed by atoms with E-state index >= 15 is 0 Å². The van der Waals surface area contributed by atoms with Gasteiger partial charge in [-0.1, -0.05) is 0 Å². The largest absolute Gasteiger partial charge is 3.00 e. The summed E-state index contributed by atoms with van der Waals surface area (Å²) in [6.45, 7) is 20.7. The van der Waals surface area contributed by atoms with Crippen molar-refractivity contribution in [2.45, 2.75) is 177 Å². The van der Waals surface area contributed by atoms with Gasteiger partial charge in [0.25, 0.3) is 0 Å². The van der Waals surface area contributed by atoms with E-state index in [1.165, 1.54) is 0 Å². The van der Waals surface area contributed by atoms with E-state index in [0.29, 0.717) is 0 Å². The van der Waals surface area contributed by atoms with Crippen molar-refractivity contribution < 1.29 is 86.9 Å². The smallest absolute Gasteiger partial charge is 0.550 e. The number of hydrogen-bond donors (Lipinski definition) is 0. The van der Waals surface area contributed by atoms with E-state index in [9.17, 15) is 58.5 Å². The fourth-order valence-electron chi connectivity index (χ4n) is 3.54. The summed E-state index contributed by atoms with van der Waals surface area (Å²) in [6, 6.07) is 0. The van der Waals surface area contributed by atoms with Crippen LogP contribution < -0.4 is 15.3 Å². The Labute approximate surface area is 333 Å². The van der Waals surface area contributed by atoms with E-state index in [1.807, 2.05) is 0 Å². The Hall–Kier alpha value is -3.28. The van der Waals surface area contributed by atoms with Gasteiger partial charge in [0.2, 0.25) is 18.9 Å². The average Bonchev–Trinajstić information content (AvgIpc) is 2.93. The van der Waals surface area contributed by atoms with Gasteiger partial charge in [0.15, 0.2) is 17.3 Å². The molecular formula is C36H57AlO18. The van der Waals surface area contributed by atoms with Crippen molar-refractivity contribution in [1.29, 1.82) is 0 Å². The second-order valence-electron chi connectivity index (χ2n) is 13.3. The number of rotatable bonds is 27. The number of Topliss-reactive ketones (excluding diaryl/α,β-unsaturated/α-hetero) is 6. The third kappa shape index (κ3) is 37.4. The molecule has 19 heteroatoms. The van der Waals surface area contributed by atoms with Gasteiger partial charge in [-0.3, -0.25) is 28.8 Å². The van der Waals surface area contributed by atoms with Crippen LogP contribution in [0.4, 0.5) is 0 Å². The molecule has 0 rings (SSSR count). The predicted molar refractivity (Wildman–Crippen MR) is 187 cm³/mol. The second kappa shape index (κ2) is 31.9. The summed E-state index contributed by atoms with van der Waals surface area (Å²) in [5, 5.41) is 30.6. The number of ketones is 6. The summed E-state index contributed by atoms with van der Waals surface area (Å²) >= 11 is 0. The zero-order valence-electron chi connectivity index (χ0n) is 33.9. The minimum absolute atomic E-state index is 0. The molecule has 0 aromatic carbocycles. The maximum absolute atomic E-state index is 11.7. The van der Waals surface area contributed by atoms with Gasteiger partial charge in [-0.25, -0.2) is 0 Å². The molecule has 312 valence electrons. The Morgan fingerprint density at radius 1 is 0.327 bits per heavy atom. The summed E-state index contributed by atoms with van der Waals surface area (Å²) < 4.78 is 31.5. The van der Waals surface area contributed by atoms with Gasteiger partial charge in [0, 0.05) is 37.2 Å².